The van der Waals surface area contributed by atoms with Gasteiger partial charge in [0, 0.05) is 18.7 Å². The number of rotatable bonds is 2. The van der Waals surface area contributed by atoms with Gasteiger partial charge in [-0.1, -0.05) is 6.07 Å². The third-order valence-corrected chi connectivity index (χ3v) is 3.27. The first kappa shape index (κ1) is 11.6. The molecule has 2 rings (SSSR count). The van der Waals surface area contributed by atoms with E-state index in [-0.39, 0.29) is 5.91 Å². The molecule has 0 aliphatic carbocycles. The van der Waals surface area contributed by atoms with Crippen LogP contribution in [0.5, 0.6) is 0 Å². The molecule has 4 nitrogen and oxygen atoms in total. The van der Waals surface area contributed by atoms with Gasteiger partial charge in [-0.05, 0) is 37.1 Å². The zero-order valence-corrected chi connectivity index (χ0v) is 9.93. The molecule has 1 aromatic carbocycles. The van der Waals surface area contributed by atoms with E-state index in [9.17, 15) is 9.59 Å². The zero-order valence-electron chi connectivity index (χ0n) is 9.93. The third kappa shape index (κ3) is 2.16. The number of likely N-dealkylation sites (tertiary alicyclic amines) is 1. The van der Waals surface area contributed by atoms with Gasteiger partial charge >= 0.3 is 5.97 Å². The maximum absolute atomic E-state index is 12.0. The van der Waals surface area contributed by atoms with Crippen molar-refractivity contribution in [2.45, 2.75) is 13.8 Å². The predicted molar refractivity (Wildman–Crippen MR) is 62.9 cm³/mol. The molecule has 1 N–H and O–H groups in total. The second kappa shape index (κ2) is 4.20. The van der Waals surface area contributed by atoms with Gasteiger partial charge in [-0.25, -0.2) is 0 Å². The molecule has 1 heterocycles. The standard InChI is InChI=1S/C13H15NO3/c1-8-3-4-10(5-9(8)2)12(15)14-6-11(7-14)13(16)17/h3-5,11H,6-7H2,1-2H3,(H,16,17). The van der Waals surface area contributed by atoms with Crippen LogP contribution in [0.15, 0.2) is 18.2 Å². The molecular weight excluding hydrogens is 218 g/mol. The first-order valence-electron chi connectivity index (χ1n) is 5.58. The fourth-order valence-electron chi connectivity index (χ4n) is 1.86. The van der Waals surface area contributed by atoms with Crippen molar-refractivity contribution in [3.8, 4) is 0 Å². The fourth-order valence-corrected chi connectivity index (χ4v) is 1.86. The normalized spacial score (nSPS) is 15.5. The molecule has 1 aliphatic rings. The predicted octanol–water partition coefficient (Wildman–Crippen LogP) is 1.46. The van der Waals surface area contributed by atoms with Gasteiger partial charge < -0.3 is 10.0 Å². The minimum atomic E-state index is -0.825. The van der Waals surface area contributed by atoms with E-state index in [1.807, 2.05) is 26.0 Å². The number of aryl methyl sites for hydroxylation is 2. The summed E-state index contributed by atoms with van der Waals surface area (Å²) in [6.45, 7) is 4.60. The lowest BCUT2D eigenvalue weighted by molar-refractivity contribution is -0.146. The Hall–Kier alpha value is -1.84. The number of carbonyl (C=O) groups excluding carboxylic acids is 1. The molecule has 0 atom stereocenters. The van der Waals surface area contributed by atoms with Gasteiger partial charge in [0.1, 0.15) is 0 Å². The molecule has 1 saturated heterocycles. The van der Waals surface area contributed by atoms with Crippen LogP contribution in [0.2, 0.25) is 0 Å². The first-order chi connectivity index (χ1) is 7.99. The van der Waals surface area contributed by atoms with Crippen LogP contribution >= 0.6 is 0 Å². The first-order valence-corrected chi connectivity index (χ1v) is 5.58. The molecule has 17 heavy (non-hydrogen) atoms. The van der Waals surface area contributed by atoms with Crippen molar-refractivity contribution in [2.75, 3.05) is 13.1 Å². The highest BCUT2D eigenvalue weighted by atomic mass is 16.4. The Bertz CT molecular complexity index is 476. The van der Waals surface area contributed by atoms with Crippen molar-refractivity contribution in [3.05, 3.63) is 34.9 Å². The van der Waals surface area contributed by atoms with E-state index in [0.29, 0.717) is 18.7 Å². The molecule has 0 saturated carbocycles. The summed E-state index contributed by atoms with van der Waals surface area (Å²) in [7, 11) is 0. The van der Waals surface area contributed by atoms with E-state index in [1.54, 1.807) is 11.0 Å². The highest BCUT2D eigenvalue weighted by molar-refractivity contribution is 5.95. The molecule has 1 amide bonds. The minimum Gasteiger partial charge on any atom is -0.481 e. The number of carboxylic acid groups (broad SMARTS) is 1. The molecule has 90 valence electrons. The van der Waals surface area contributed by atoms with Gasteiger partial charge in [0.05, 0.1) is 5.92 Å². The highest BCUT2D eigenvalue weighted by Gasteiger charge is 2.35. The summed E-state index contributed by atoms with van der Waals surface area (Å²) < 4.78 is 0. The fraction of sp³-hybridized carbons (Fsp3) is 0.385. The van der Waals surface area contributed by atoms with Crippen LogP contribution in [0.1, 0.15) is 21.5 Å². The molecule has 0 unspecified atom stereocenters. The molecule has 0 aromatic heterocycles. The monoisotopic (exact) mass is 233 g/mol. The highest BCUT2D eigenvalue weighted by Crippen LogP contribution is 2.20. The van der Waals surface area contributed by atoms with E-state index in [4.69, 9.17) is 5.11 Å². The summed E-state index contributed by atoms with van der Waals surface area (Å²) in [4.78, 5) is 24.2. The van der Waals surface area contributed by atoms with Crippen LogP contribution in [0.3, 0.4) is 0 Å². The Morgan fingerprint density at radius 2 is 1.88 bits per heavy atom. The molecular formula is C13H15NO3. The van der Waals surface area contributed by atoms with Gasteiger partial charge in [0.2, 0.25) is 0 Å². The number of carbonyl (C=O) groups is 2. The maximum Gasteiger partial charge on any atom is 0.310 e. The Balaban J connectivity index is 2.06. The number of benzene rings is 1. The van der Waals surface area contributed by atoms with Gasteiger partial charge in [-0.2, -0.15) is 0 Å². The van der Waals surface area contributed by atoms with Crippen LogP contribution in [-0.4, -0.2) is 35.0 Å². The number of hydrogen-bond acceptors (Lipinski definition) is 2. The van der Waals surface area contributed by atoms with Crippen molar-refractivity contribution in [1.29, 1.82) is 0 Å². The Labute approximate surface area is 99.9 Å². The van der Waals surface area contributed by atoms with Crippen molar-refractivity contribution in [1.82, 2.24) is 4.90 Å². The number of amides is 1. The summed E-state index contributed by atoms with van der Waals surface area (Å²) >= 11 is 0. The van der Waals surface area contributed by atoms with E-state index in [1.165, 1.54) is 0 Å². The SMILES string of the molecule is Cc1ccc(C(=O)N2CC(C(=O)O)C2)cc1C. The number of aliphatic carboxylic acids is 1. The van der Waals surface area contributed by atoms with Crippen LogP contribution < -0.4 is 0 Å². The maximum atomic E-state index is 12.0. The van der Waals surface area contributed by atoms with E-state index < -0.39 is 11.9 Å². The molecule has 1 fully saturated rings. The summed E-state index contributed by atoms with van der Waals surface area (Å²) in [6, 6.07) is 5.56. The van der Waals surface area contributed by atoms with E-state index in [2.05, 4.69) is 0 Å². The molecule has 0 spiro atoms. The van der Waals surface area contributed by atoms with Gasteiger partial charge in [-0.15, -0.1) is 0 Å². The lowest BCUT2D eigenvalue weighted by atomic mass is 9.98. The molecule has 0 radical (unpaired) electrons. The smallest absolute Gasteiger partial charge is 0.310 e. The van der Waals surface area contributed by atoms with E-state index >= 15 is 0 Å². The van der Waals surface area contributed by atoms with Gasteiger partial charge in [0.25, 0.3) is 5.91 Å². The Morgan fingerprint density at radius 3 is 2.41 bits per heavy atom. The Morgan fingerprint density at radius 1 is 1.24 bits per heavy atom. The quantitative estimate of drug-likeness (QED) is 0.841. The number of hydrogen-bond donors (Lipinski definition) is 1. The lowest BCUT2D eigenvalue weighted by Crippen LogP contribution is -2.53. The third-order valence-electron chi connectivity index (χ3n) is 3.27. The summed E-state index contributed by atoms with van der Waals surface area (Å²) in [5.74, 6) is -1.30. The lowest BCUT2D eigenvalue weighted by Gasteiger charge is -2.36. The van der Waals surface area contributed by atoms with Crippen LogP contribution in [-0.2, 0) is 4.79 Å². The molecule has 0 bridgehead atoms. The molecule has 4 heteroatoms. The second-order valence-corrected chi connectivity index (χ2v) is 4.54. The van der Waals surface area contributed by atoms with Crippen molar-refractivity contribution in [3.63, 3.8) is 0 Å². The molecule has 1 aromatic rings. The van der Waals surface area contributed by atoms with E-state index in [0.717, 1.165) is 11.1 Å². The van der Waals surface area contributed by atoms with Crippen LogP contribution in [0.4, 0.5) is 0 Å². The number of carboxylic acids is 1. The van der Waals surface area contributed by atoms with Gasteiger partial charge in [-0.3, -0.25) is 9.59 Å². The molecule has 1 aliphatic heterocycles. The summed E-state index contributed by atoms with van der Waals surface area (Å²) in [5.41, 5.74) is 2.86. The van der Waals surface area contributed by atoms with Crippen molar-refractivity contribution < 1.29 is 14.7 Å². The topological polar surface area (TPSA) is 57.6 Å². The number of nitrogens with zero attached hydrogens (tertiary/aromatic N) is 1. The average molecular weight is 233 g/mol. The minimum absolute atomic E-state index is 0.0781. The average Bonchev–Trinajstić information content (AvgIpc) is 2.19. The summed E-state index contributed by atoms with van der Waals surface area (Å²) in [6.07, 6.45) is 0. The van der Waals surface area contributed by atoms with Crippen LogP contribution in [0, 0.1) is 19.8 Å². The Kier molecular flexibility index (Phi) is 2.88. The second-order valence-electron chi connectivity index (χ2n) is 4.54. The van der Waals surface area contributed by atoms with Crippen molar-refractivity contribution >= 4 is 11.9 Å². The largest absolute Gasteiger partial charge is 0.481 e. The van der Waals surface area contributed by atoms with Crippen molar-refractivity contribution in [2.24, 2.45) is 5.92 Å². The van der Waals surface area contributed by atoms with Gasteiger partial charge in [0.15, 0.2) is 0 Å². The summed E-state index contributed by atoms with van der Waals surface area (Å²) in [5, 5.41) is 8.75. The zero-order chi connectivity index (χ0) is 12.6. The van der Waals surface area contributed by atoms with Crippen LogP contribution in [0.25, 0.3) is 0 Å².